The largest absolute Gasteiger partial charge is 0.368 e. The molecule has 1 unspecified atom stereocenters. The first-order valence-corrected chi connectivity index (χ1v) is 4.58. The van der Waals surface area contributed by atoms with Crippen molar-refractivity contribution in [2.45, 2.75) is 26.4 Å². The number of aromatic nitrogens is 2. The molecule has 0 spiro atoms. The minimum absolute atomic E-state index is 0.0375. The van der Waals surface area contributed by atoms with Gasteiger partial charge in [0.05, 0.1) is 11.5 Å². The summed E-state index contributed by atoms with van der Waals surface area (Å²) in [5.74, 6) is -0.671. The highest BCUT2D eigenvalue weighted by atomic mass is 16.6. The lowest BCUT2D eigenvalue weighted by Gasteiger charge is -2.08. The van der Waals surface area contributed by atoms with Gasteiger partial charge in [-0.3, -0.25) is 19.6 Å². The molecule has 1 atom stereocenters. The number of hydrogen-bond donors (Lipinski definition) is 2. The summed E-state index contributed by atoms with van der Waals surface area (Å²) in [6, 6.07) is -0.905. The van der Waals surface area contributed by atoms with Gasteiger partial charge in [0.2, 0.25) is 5.91 Å². The molecule has 16 heavy (non-hydrogen) atoms. The van der Waals surface area contributed by atoms with Crippen LogP contribution in [0.2, 0.25) is 0 Å². The summed E-state index contributed by atoms with van der Waals surface area (Å²) in [6.07, 6.45) is 0. The second-order valence-corrected chi connectivity index (χ2v) is 3.47. The quantitative estimate of drug-likeness (QED) is 0.514. The number of nitro groups is 1. The van der Waals surface area contributed by atoms with E-state index in [4.69, 9.17) is 11.5 Å². The third-order valence-corrected chi connectivity index (χ3v) is 2.26. The Morgan fingerprint density at radius 3 is 2.56 bits per heavy atom. The van der Waals surface area contributed by atoms with Crippen LogP contribution in [0.25, 0.3) is 0 Å². The molecule has 88 valence electrons. The molecular formula is C8H13N5O3. The summed E-state index contributed by atoms with van der Waals surface area (Å²) in [6.45, 7) is 3.11. The standard InChI is InChI=1S/C8H13N5O3/c1-4-7(13(15)16)5(2)12(11-4)3-6(9)8(10)14/h6H,3,9H2,1-2H3,(H2,10,14). The molecule has 1 aromatic rings. The summed E-state index contributed by atoms with van der Waals surface area (Å²) in [4.78, 5) is 21.0. The van der Waals surface area contributed by atoms with Crippen molar-refractivity contribution in [3.8, 4) is 0 Å². The summed E-state index contributed by atoms with van der Waals surface area (Å²) in [5.41, 5.74) is 11.0. The molecule has 8 nitrogen and oxygen atoms in total. The van der Waals surface area contributed by atoms with Gasteiger partial charge in [0.25, 0.3) is 0 Å². The number of carbonyl (C=O) groups is 1. The first kappa shape index (κ1) is 12.1. The van der Waals surface area contributed by atoms with Crippen molar-refractivity contribution in [3.63, 3.8) is 0 Å². The van der Waals surface area contributed by atoms with Crippen molar-refractivity contribution < 1.29 is 9.72 Å². The van der Waals surface area contributed by atoms with Crippen LogP contribution in [-0.2, 0) is 11.3 Å². The van der Waals surface area contributed by atoms with Crippen LogP contribution >= 0.6 is 0 Å². The third-order valence-electron chi connectivity index (χ3n) is 2.26. The molecule has 1 rings (SSSR count). The van der Waals surface area contributed by atoms with E-state index in [0.717, 1.165) is 0 Å². The Hall–Kier alpha value is -1.96. The third kappa shape index (κ3) is 2.16. The number of primary amides is 1. The zero-order chi connectivity index (χ0) is 12.5. The van der Waals surface area contributed by atoms with Crippen molar-refractivity contribution in [2.75, 3.05) is 0 Å². The van der Waals surface area contributed by atoms with Gasteiger partial charge in [0.15, 0.2) is 0 Å². The Balaban J connectivity index is 3.04. The van der Waals surface area contributed by atoms with E-state index < -0.39 is 16.9 Å². The lowest BCUT2D eigenvalue weighted by Crippen LogP contribution is -2.40. The molecule has 0 aliphatic rings. The molecule has 4 N–H and O–H groups in total. The van der Waals surface area contributed by atoms with Crippen molar-refractivity contribution in [1.82, 2.24) is 9.78 Å². The molecule has 8 heteroatoms. The molecule has 1 aromatic heterocycles. The van der Waals surface area contributed by atoms with E-state index in [2.05, 4.69) is 5.10 Å². The molecule has 0 fully saturated rings. The van der Waals surface area contributed by atoms with Gasteiger partial charge in [0.1, 0.15) is 17.4 Å². The molecule has 1 heterocycles. The Morgan fingerprint density at radius 1 is 1.62 bits per heavy atom. The average Bonchev–Trinajstić information content (AvgIpc) is 2.41. The maximum Gasteiger partial charge on any atom is 0.312 e. The molecule has 0 aromatic carbocycles. The number of amides is 1. The van der Waals surface area contributed by atoms with Gasteiger partial charge >= 0.3 is 5.69 Å². The second-order valence-electron chi connectivity index (χ2n) is 3.47. The van der Waals surface area contributed by atoms with E-state index in [-0.39, 0.29) is 12.2 Å². The fourth-order valence-electron chi connectivity index (χ4n) is 1.41. The van der Waals surface area contributed by atoms with E-state index in [1.807, 2.05) is 0 Å². The zero-order valence-electron chi connectivity index (χ0n) is 9.01. The lowest BCUT2D eigenvalue weighted by atomic mass is 10.3. The number of aryl methyl sites for hydroxylation is 1. The van der Waals surface area contributed by atoms with E-state index >= 15 is 0 Å². The monoisotopic (exact) mass is 227 g/mol. The van der Waals surface area contributed by atoms with Crippen molar-refractivity contribution in [3.05, 3.63) is 21.5 Å². The van der Waals surface area contributed by atoms with Gasteiger partial charge < -0.3 is 11.5 Å². The molecule has 1 amide bonds. The van der Waals surface area contributed by atoms with Crippen molar-refractivity contribution in [2.24, 2.45) is 11.5 Å². The van der Waals surface area contributed by atoms with Gasteiger partial charge in [-0.1, -0.05) is 0 Å². The van der Waals surface area contributed by atoms with Crippen LogP contribution < -0.4 is 11.5 Å². The lowest BCUT2D eigenvalue weighted by molar-refractivity contribution is -0.386. The van der Waals surface area contributed by atoms with Gasteiger partial charge in [-0.2, -0.15) is 5.10 Å². The average molecular weight is 227 g/mol. The maximum absolute atomic E-state index is 10.8. The fourth-order valence-corrected chi connectivity index (χ4v) is 1.41. The smallest absolute Gasteiger partial charge is 0.312 e. The second kappa shape index (κ2) is 4.27. The van der Waals surface area contributed by atoms with E-state index in [1.165, 1.54) is 11.6 Å². The molecular weight excluding hydrogens is 214 g/mol. The van der Waals surface area contributed by atoms with Crippen molar-refractivity contribution >= 4 is 11.6 Å². The number of carbonyl (C=O) groups excluding carboxylic acids is 1. The van der Waals surface area contributed by atoms with E-state index in [0.29, 0.717) is 11.4 Å². The number of nitrogens with two attached hydrogens (primary N) is 2. The van der Waals surface area contributed by atoms with Crippen LogP contribution in [0.4, 0.5) is 5.69 Å². The molecule has 0 radical (unpaired) electrons. The number of hydrogen-bond acceptors (Lipinski definition) is 5. The number of nitrogens with zero attached hydrogens (tertiary/aromatic N) is 3. The molecule has 0 aliphatic heterocycles. The van der Waals surface area contributed by atoms with Crippen molar-refractivity contribution in [1.29, 1.82) is 0 Å². The van der Waals surface area contributed by atoms with Crippen LogP contribution in [0, 0.1) is 24.0 Å². The summed E-state index contributed by atoms with van der Waals surface area (Å²) in [7, 11) is 0. The molecule has 0 saturated carbocycles. The van der Waals surface area contributed by atoms with Crippen LogP contribution in [0.3, 0.4) is 0 Å². The highest BCUT2D eigenvalue weighted by molar-refractivity contribution is 5.79. The normalized spacial score (nSPS) is 12.4. The zero-order valence-corrected chi connectivity index (χ0v) is 9.01. The summed E-state index contributed by atoms with van der Waals surface area (Å²) >= 11 is 0. The van der Waals surface area contributed by atoms with Gasteiger partial charge in [0, 0.05) is 0 Å². The van der Waals surface area contributed by atoms with Crippen LogP contribution in [0.15, 0.2) is 0 Å². The highest BCUT2D eigenvalue weighted by Gasteiger charge is 2.23. The first-order chi connectivity index (χ1) is 7.34. The van der Waals surface area contributed by atoms with E-state index in [1.54, 1.807) is 6.92 Å². The Bertz CT molecular complexity index is 439. The Kier molecular flexibility index (Phi) is 3.23. The SMILES string of the molecule is Cc1nn(CC(N)C(N)=O)c(C)c1[N+](=O)[O-]. The van der Waals surface area contributed by atoms with Gasteiger partial charge in [-0.15, -0.1) is 0 Å². The minimum Gasteiger partial charge on any atom is -0.368 e. The minimum atomic E-state index is -0.905. The number of rotatable bonds is 4. The van der Waals surface area contributed by atoms with Crippen LogP contribution in [0.5, 0.6) is 0 Å². The van der Waals surface area contributed by atoms with E-state index in [9.17, 15) is 14.9 Å². The topological polar surface area (TPSA) is 130 Å². The van der Waals surface area contributed by atoms with Gasteiger partial charge in [-0.25, -0.2) is 0 Å². The van der Waals surface area contributed by atoms with Gasteiger partial charge in [-0.05, 0) is 13.8 Å². The molecule has 0 bridgehead atoms. The highest BCUT2D eigenvalue weighted by Crippen LogP contribution is 2.21. The predicted octanol–water partition coefficient (Wildman–Crippen LogP) is -0.779. The molecule has 0 aliphatic carbocycles. The molecule has 0 saturated heterocycles. The summed E-state index contributed by atoms with van der Waals surface area (Å²) < 4.78 is 1.32. The Labute approximate surface area is 91.4 Å². The fraction of sp³-hybridized carbons (Fsp3) is 0.500. The van der Waals surface area contributed by atoms with Crippen LogP contribution in [0.1, 0.15) is 11.4 Å². The van der Waals surface area contributed by atoms with Crippen LogP contribution in [-0.4, -0.2) is 26.7 Å². The first-order valence-electron chi connectivity index (χ1n) is 4.58. The maximum atomic E-state index is 10.8. The Morgan fingerprint density at radius 2 is 2.19 bits per heavy atom. The summed E-state index contributed by atoms with van der Waals surface area (Å²) in [5, 5.41) is 14.6. The predicted molar refractivity (Wildman–Crippen MR) is 55.5 cm³/mol.